The van der Waals surface area contributed by atoms with Gasteiger partial charge >= 0.3 is 0 Å². The van der Waals surface area contributed by atoms with Crippen LogP contribution in [0.3, 0.4) is 0 Å². The molecule has 1 N–H and O–H groups in total. The van der Waals surface area contributed by atoms with Crippen LogP contribution in [0.4, 0.5) is 0 Å². The average Bonchev–Trinajstić information content (AvgIpc) is 2.49. The second-order valence-electron chi connectivity index (χ2n) is 4.97. The van der Waals surface area contributed by atoms with Gasteiger partial charge in [0, 0.05) is 31.2 Å². The number of nitrogens with zero attached hydrogens (tertiary/aromatic N) is 1. The molecule has 1 atom stereocenters. The van der Waals surface area contributed by atoms with Gasteiger partial charge in [-0.15, -0.1) is 0 Å². The fourth-order valence-electron chi connectivity index (χ4n) is 2.44. The van der Waals surface area contributed by atoms with Crippen LogP contribution in [-0.4, -0.2) is 50.2 Å². The molecular weight excluding hydrogens is 292 g/mol. The van der Waals surface area contributed by atoms with Crippen LogP contribution in [0.2, 0.25) is 5.02 Å². The van der Waals surface area contributed by atoms with Crippen molar-refractivity contribution in [1.29, 1.82) is 0 Å². The molecule has 1 aliphatic heterocycles. The van der Waals surface area contributed by atoms with Crippen molar-refractivity contribution in [3.8, 4) is 11.5 Å². The summed E-state index contributed by atoms with van der Waals surface area (Å²) in [5, 5.41) is 3.66. The van der Waals surface area contributed by atoms with E-state index >= 15 is 0 Å². The Bertz CT molecular complexity index is 522. The zero-order valence-corrected chi connectivity index (χ0v) is 13.4. The lowest BCUT2D eigenvalue weighted by atomic mass is 10.1. The lowest BCUT2D eigenvalue weighted by molar-refractivity contribution is 0.0655. The summed E-state index contributed by atoms with van der Waals surface area (Å²) in [5.74, 6) is 0.925. The Balaban J connectivity index is 2.31. The first kappa shape index (κ1) is 15.9. The summed E-state index contributed by atoms with van der Waals surface area (Å²) >= 11 is 6.22. The smallest absolute Gasteiger partial charge is 0.254 e. The number of ether oxygens (including phenoxy) is 2. The van der Waals surface area contributed by atoms with E-state index in [1.165, 1.54) is 7.11 Å². The highest BCUT2D eigenvalue weighted by Gasteiger charge is 2.25. The number of halogens is 1. The largest absolute Gasteiger partial charge is 0.493 e. The van der Waals surface area contributed by atoms with Crippen LogP contribution in [0.5, 0.6) is 11.5 Å². The highest BCUT2D eigenvalue weighted by molar-refractivity contribution is 6.32. The molecule has 0 radical (unpaired) electrons. The summed E-state index contributed by atoms with van der Waals surface area (Å²) in [7, 11) is 1.54. The van der Waals surface area contributed by atoms with Crippen LogP contribution in [0.15, 0.2) is 12.1 Å². The van der Waals surface area contributed by atoms with Crippen molar-refractivity contribution in [2.45, 2.75) is 19.9 Å². The molecule has 0 bridgehead atoms. The minimum Gasteiger partial charge on any atom is -0.493 e. The number of benzene rings is 1. The molecule has 1 aromatic carbocycles. The maximum Gasteiger partial charge on any atom is 0.254 e. The van der Waals surface area contributed by atoms with E-state index in [9.17, 15) is 4.79 Å². The number of hydrogen-bond acceptors (Lipinski definition) is 4. The number of carbonyl (C=O) groups is 1. The molecule has 2 rings (SSSR count). The Labute approximate surface area is 130 Å². The molecule has 21 heavy (non-hydrogen) atoms. The van der Waals surface area contributed by atoms with E-state index in [-0.39, 0.29) is 11.9 Å². The van der Waals surface area contributed by atoms with E-state index in [1.54, 1.807) is 12.1 Å². The molecule has 1 saturated heterocycles. The first-order valence-corrected chi connectivity index (χ1v) is 7.48. The third-order valence-corrected chi connectivity index (χ3v) is 3.81. The minimum absolute atomic E-state index is 0.0350. The number of nitrogens with one attached hydrogen (secondary N) is 1. The van der Waals surface area contributed by atoms with Crippen LogP contribution in [0, 0.1) is 0 Å². The highest BCUT2D eigenvalue weighted by atomic mass is 35.5. The van der Waals surface area contributed by atoms with Crippen molar-refractivity contribution in [1.82, 2.24) is 10.2 Å². The third-order valence-electron chi connectivity index (χ3n) is 3.53. The molecule has 0 aliphatic carbocycles. The van der Waals surface area contributed by atoms with E-state index in [0.29, 0.717) is 35.2 Å². The summed E-state index contributed by atoms with van der Waals surface area (Å²) in [6.07, 6.45) is 0. The maximum absolute atomic E-state index is 12.6. The Morgan fingerprint density at radius 1 is 1.52 bits per heavy atom. The molecular formula is C15H21ClN2O3. The van der Waals surface area contributed by atoms with Gasteiger partial charge in [-0.05, 0) is 26.0 Å². The van der Waals surface area contributed by atoms with Crippen molar-refractivity contribution >= 4 is 17.5 Å². The number of rotatable bonds is 4. The molecule has 1 amide bonds. The molecule has 0 saturated carbocycles. The lowest BCUT2D eigenvalue weighted by Crippen LogP contribution is -2.52. The topological polar surface area (TPSA) is 50.8 Å². The number of carbonyl (C=O) groups excluding carboxylic acids is 1. The second kappa shape index (κ2) is 7.00. The zero-order valence-electron chi connectivity index (χ0n) is 12.6. The highest BCUT2D eigenvalue weighted by Crippen LogP contribution is 2.36. The molecule has 1 fully saturated rings. The van der Waals surface area contributed by atoms with Gasteiger partial charge in [0.2, 0.25) is 0 Å². The summed E-state index contributed by atoms with van der Waals surface area (Å²) in [6.45, 7) is 6.67. The number of hydrogen-bond donors (Lipinski definition) is 1. The van der Waals surface area contributed by atoms with Crippen molar-refractivity contribution in [3.05, 3.63) is 22.7 Å². The summed E-state index contributed by atoms with van der Waals surface area (Å²) in [4.78, 5) is 14.5. The third kappa shape index (κ3) is 3.41. The first-order valence-electron chi connectivity index (χ1n) is 7.10. The average molecular weight is 313 g/mol. The molecule has 0 aromatic heterocycles. The standard InChI is InChI=1S/C15H21ClN2O3/c1-4-21-14-12(16)7-11(8-13(14)20-3)15(19)18-6-5-17-9-10(18)2/h7-8,10,17H,4-6,9H2,1-3H3/t10-/m0/s1. The lowest BCUT2D eigenvalue weighted by Gasteiger charge is -2.34. The van der Waals surface area contributed by atoms with Crippen LogP contribution in [0.1, 0.15) is 24.2 Å². The molecule has 1 aliphatic rings. The molecule has 6 heteroatoms. The van der Waals surface area contributed by atoms with E-state index in [4.69, 9.17) is 21.1 Å². The first-order chi connectivity index (χ1) is 10.1. The Hall–Kier alpha value is -1.46. The molecule has 0 spiro atoms. The second-order valence-corrected chi connectivity index (χ2v) is 5.38. The molecule has 1 heterocycles. The SMILES string of the molecule is CCOc1c(Cl)cc(C(=O)N2CCNC[C@@H]2C)cc1OC. The Morgan fingerprint density at radius 2 is 2.29 bits per heavy atom. The molecule has 5 nitrogen and oxygen atoms in total. The fourth-order valence-corrected chi connectivity index (χ4v) is 2.70. The summed E-state index contributed by atoms with van der Waals surface area (Å²) in [6, 6.07) is 3.49. The van der Waals surface area contributed by atoms with Crippen molar-refractivity contribution in [3.63, 3.8) is 0 Å². The molecule has 116 valence electrons. The quantitative estimate of drug-likeness (QED) is 0.926. The fraction of sp³-hybridized carbons (Fsp3) is 0.533. The number of amides is 1. The van der Waals surface area contributed by atoms with E-state index in [1.807, 2.05) is 18.7 Å². The van der Waals surface area contributed by atoms with Gasteiger partial charge in [-0.25, -0.2) is 0 Å². The Kier molecular flexibility index (Phi) is 5.31. The van der Waals surface area contributed by atoms with Gasteiger partial charge < -0.3 is 19.7 Å². The van der Waals surface area contributed by atoms with Gasteiger partial charge in [0.1, 0.15) is 0 Å². The Morgan fingerprint density at radius 3 is 2.90 bits per heavy atom. The van der Waals surface area contributed by atoms with Gasteiger partial charge in [0.05, 0.1) is 18.7 Å². The van der Waals surface area contributed by atoms with E-state index in [2.05, 4.69) is 5.32 Å². The van der Waals surface area contributed by atoms with Crippen LogP contribution >= 0.6 is 11.6 Å². The van der Waals surface area contributed by atoms with Crippen molar-refractivity contribution < 1.29 is 14.3 Å². The number of methoxy groups -OCH3 is 1. The predicted octanol–water partition coefficient (Wildman–Crippen LogP) is 2.18. The minimum atomic E-state index is -0.0350. The van der Waals surface area contributed by atoms with Crippen molar-refractivity contribution in [2.24, 2.45) is 0 Å². The maximum atomic E-state index is 12.6. The van der Waals surface area contributed by atoms with Gasteiger partial charge in [0.15, 0.2) is 11.5 Å². The van der Waals surface area contributed by atoms with E-state index in [0.717, 1.165) is 13.1 Å². The van der Waals surface area contributed by atoms with Crippen LogP contribution in [0.25, 0.3) is 0 Å². The predicted molar refractivity (Wildman–Crippen MR) is 82.5 cm³/mol. The summed E-state index contributed by atoms with van der Waals surface area (Å²) < 4.78 is 10.8. The number of piperazine rings is 1. The summed E-state index contributed by atoms with van der Waals surface area (Å²) in [5.41, 5.74) is 0.522. The normalized spacial score (nSPS) is 18.5. The zero-order chi connectivity index (χ0) is 15.4. The van der Waals surface area contributed by atoms with Gasteiger partial charge in [-0.2, -0.15) is 0 Å². The molecule has 0 unspecified atom stereocenters. The van der Waals surface area contributed by atoms with E-state index < -0.39 is 0 Å². The molecule has 1 aromatic rings. The van der Waals surface area contributed by atoms with Crippen molar-refractivity contribution in [2.75, 3.05) is 33.4 Å². The van der Waals surface area contributed by atoms with Gasteiger partial charge in [-0.3, -0.25) is 4.79 Å². The van der Waals surface area contributed by atoms with Gasteiger partial charge in [-0.1, -0.05) is 11.6 Å². The van der Waals surface area contributed by atoms with Gasteiger partial charge in [0.25, 0.3) is 5.91 Å². The van der Waals surface area contributed by atoms with Crippen LogP contribution < -0.4 is 14.8 Å². The monoisotopic (exact) mass is 312 g/mol. The van der Waals surface area contributed by atoms with Crippen LogP contribution in [-0.2, 0) is 0 Å².